The van der Waals surface area contributed by atoms with Gasteiger partial charge in [-0.15, -0.1) is 11.3 Å². The van der Waals surface area contributed by atoms with Crippen LogP contribution in [0.15, 0.2) is 28.8 Å². The topological polar surface area (TPSA) is 69.0 Å². The van der Waals surface area contributed by atoms with Crippen LogP contribution < -0.4 is 5.32 Å². The van der Waals surface area contributed by atoms with E-state index in [2.05, 4.69) is 22.3 Å². The number of carbonyl (C=O) groups excluding carboxylic acids is 1. The van der Waals surface area contributed by atoms with Gasteiger partial charge in [0.25, 0.3) is 0 Å². The maximum absolute atomic E-state index is 12.6. The Morgan fingerprint density at radius 1 is 1.48 bits per heavy atom. The summed E-state index contributed by atoms with van der Waals surface area (Å²) in [6.45, 7) is 6.10. The molecule has 2 aromatic heterocycles. The fourth-order valence-corrected chi connectivity index (χ4v) is 3.60. The van der Waals surface area contributed by atoms with Gasteiger partial charge in [-0.2, -0.15) is 10.1 Å². The fraction of sp³-hybridized carbons (Fsp3) is 0.438. The second-order valence-electron chi connectivity index (χ2n) is 5.33. The lowest BCUT2D eigenvalue weighted by Crippen LogP contribution is -2.30. The second-order valence-corrected chi connectivity index (χ2v) is 6.31. The Morgan fingerprint density at radius 3 is 2.96 bits per heavy atom. The van der Waals surface area contributed by atoms with Gasteiger partial charge in [-0.3, -0.25) is 0 Å². The normalized spacial score (nSPS) is 16.9. The first kappa shape index (κ1) is 15.7. The highest BCUT2D eigenvalue weighted by atomic mass is 32.1. The van der Waals surface area contributed by atoms with Crippen LogP contribution >= 0.6 is 11.3 Å². The van der Waals surface area contributed by atoms with E-state index in [9.17, 15) is 4.79 Å². The van der Waals surface area contributed by atoms with Crippen molar-refractivity contribution in [1.29, 1.82) is 0 Å². The van der Waals surface area contributed by atoms with Crippen molar-refractivity contribution in [2.24, 2.45) is 0 Å². The molecule has 0 aromatic carbocycles. The number of anilines is 1. The van der Waals surface area contributed by atoms with E-state index in [-0.39, 0.29) is 12.0 Å². The van der Waals surface area contributed by atoms with Gasteiger partial charge in [0.15, 0.2) is 0 Å². The summed E-state index contributed by atoms with van der Waals surface area (Å²) in [5.74, 6) is 1.06. The first-order valence-corrected chi connectivity index (χ1v) is 8.67. The summed E-state index contributed by atoms with van der Waals surface area (Å²) in [5.41, 5.74) is 1.51. The predicted molar refractivity (Wildman–Crippen MR) is 89.4 cm³/mol. The molecule has 0 saturated carbocycles. The number of fused-ring (bicyclic) bond motifs is 1. The number of carbonyl (C=O) groups is 1. The number of aryl methyl sites for hydroxylation is 1. The number of hydrogen-bond acceptors (Lipinski definition) is 6. The van der Waals surface area contributed by atoms with Gasteiger partial charge in [0, 0.05) is 10.6 Å². The van der Waals surface area contributed by atoms with Crippen molar-refractivity contribution < 1.29 is 9.53 Å². The van der Waals surface area contributed by atoms with Crippen molar-refractivity contribution >= 4 is 23.3 Å². The Balaban J connectivity index is 2.16. The number of allylic oxidation sites excluding steroid dienone is 1. The van der Waals surface area contributed by atoms with Crippen LogP contribution in [0, 0.1) is 6.92 Å². The SMILES string of the molecule is CCCC1=C(C(=O)OCC)[C@@H](c2cccs2)n2nc(C)nc2N1. The predicted octanol–water partition coefficient (Wildman–Crippen LogP) is 3.28. The number of aromatic nitrogens is 3. The average molecular weight is 332 g/mol. The highest BCUT2D eigenvalue weighted by Crippen LogP contribution is 2.38. The average Bonchev–Trinajstić information content (AvgIpc) is 3.14. The Kier molecular flexibility index (Phi) is 4.47. The Labute approximate surface area is 139 Å². The van der Waals surface area contributed by atoms with Gasteiger partial charge < -0.3 is 10.1 Å². The van der Waals surface area contributed by atoms with Crippen molar-refractivity contribution in [1.82, 2.24) is 14.8 Å². The Hall–Kier alpha value is -2.15. The monoisotopic (exact) mass is 332 g/mol. The maximum atomic E-state index is 12.6. The third-order valence-electron chi connectivity index (χ3n) is 3.65. The molecule has 3 heterocycles. The van der Waals surface area contributed by atoms with Crippen LogP contribution in [-0.2, 0) is 9.53 Å². The number of hydrogen-bond donors (Lipinski definition) is 1. The molecule has 0 bridgehead atoms. The first-order chi connectivity index (χ1) is 11.2. The van der Waals surface area contributed by atoms with Gasteiger partial charge in [-0.1, -0.05) is 19.4 Å². The van der Waals surface area contributed by atoms with E-state index in [4.69, 9.17) is 4.74 Å². The summed E-state index contributed by atoms with van der Waals surface area (Å²) in [4.78, 5) is 18.1. The molecule has 0 saturated heterocycles. The lowest BCUT2D eigenvalue weighted by Gasteiger charge is -2.28. The zero-order valence-electron chi connectivity index (χ0n) is 13.5. The summed E-state index contributed by atoms with van der Waals surface area (Å²) < 4.78 is 7.10. The fourth-order valence-electron chi connectivity index (χ4n) is 2.79. The van der Waals surface area contributed by atoms with Crippen molar-refractivity contribution in [3.63, 3.8) is 0 Å². The van der Waals surface area contributed by atoms with E-state index in [1.807, 2.05) is 31.4 Å². The number of nitrogens with zero attached hydrogens (tertiary/aromatic N) is 3. The molecular formula is C16H20N4O2S. The minimum atomic E-state index is -0.291. The molecule has 1 atom stereocenters. The third-order valence-corrected chi connectivity index (χ3v) is 4.58. The minimum Gasteiger partial charge on any atom is -0.463 e. The van der Waals surface area contributed by atoms with Crippen LogP contribution in [0.25, 0.3) is 0 Å². The summed E-state index contributed by atoms with van der Waals surface area (Å²) in [7, 11) is 0. The molecule has 23 heavy (non-hydrogen) atoms. The third kappa shape index (κ3) is 2.88. The molecule has 7 heteroatoms. The number of thiophene rings is 1. The smallest absolute Gasteiger partial charge is 0.338 e. The minimum absolute atomic E-state index is 0.284. The van der Waals surface area contributed by atoms with E-state index in [0.717, 1.165) is 23.4 Å². The Morgan fingerprint density at radius 2 is 2.30 bits per heavy atom. The zero-order chi connectivity index (χ0) is 16.4. The largest absolute Gasteiger partial charge is 0.463 e. The Bertz CT molecular complexity index is 733. The molecule has 1 aliphatic heterocycles. The number of ether oxygens (including phenoxy) is 1. The number of esters is 1. The molecule has 0 aliphatic carbocycles. The molecule has 0 spiro atoms. The first-order valence-electron chi connectivity index (χ1n) is 7.79. The number of rotatable bonds is 5. The molecule has 1 N–H and O–H groups in total. The lowest BCUT2D eigenvalue weighted by molar-refractivity contribution is -0.139. The molecule has 122 valence electrons. The number of nitrogens with one attached hydrogen (secondary N) is 1. The van der Waals surface area contributed by atoms with Gasteiger partial charge in [0.05, 0.1) is 12.2 Å². The summed E-state index contributed by atoms with van der Waals surface area (Å²) >= 11 is 1.60. The molecule has 2 aromatic rings. The molecule has 0 fully saturated rings. The summed E-state index contributed by atoms with van der Waals surface area (Å²) in [5, 5.41) is 9.76. The van der Waals surface area contributed by atoms with Gasteiger partial charge in [-0.25, -0.2) is 9.48 Å². The van der Waals surface area contributed by atoms with Gasteiger partial charge >= 0.3 is 5.97 Å². The standard InChI is InChI=1S/C16H20N4O2S/c1-4-7-11-13(15(21)22-5-2)14(12-8-6-9-23-12)20-16(18-11)17-10(3)19-20/h6,8-9,14H,4-5,7H2,1-3H3,(H,17,18,19)/t14-/m1/s1. The lowest BCUT2D eigenvalue weighted by atomic mass is 9.99. The van der Waals surface area contributed by atoms with E-state index < -0.39 is 0 Å². The summed E-state index contributed by atoms with van der Waals surface area (Å²) in [6.07, 6.45) is 1.69. The quantitative estimate of drug-likeness (QED) is 0.851. The zero-order valence-corrected chi connectivity index (χ0v) is 14.3. The maximum Gasteiger partial charge on any atom is 0.338 e. The van der Waals surface area contributed by atoms with E-state index >= 15 is 0 Å². The van der Waals surface area contributed by atoms with Crippen LogP contribution in [0.5, 0.6) is 0 Å². The second kappa shape index (κ2) is 6.54. The van der Waals surface area contributed by atoms with Gasteiger partial charge in [0.2, 0.25) is 5.95 Å². The van der Waals surface area contributed by atoms with Crippen molar-refractivity contribution in [2.75, 3.05) is 11.9 Å². The van der Waals surface area contributed by atoms with Gasteiger partial charge in [-0.05, 0) is 31.7 Å². The van der Waals surface area contributed by atoms with Crippen LogP contribution in [0.1, 0.15) is 43.4 Å². The van der Waals surface area contributed by atoms with Crippen molar-refractivity contribution in [3.8, 4) is 0 Å². The molecule has 6 nitrogen and oxygen atoms in total. The van der Waals surface area contributed by atoms with Crippen molar-refractivity contribution in [3.05, 3.63) is 39.5 Å². The van der Waals surface area contributed by atoms with Gasteiger partial charge in [0.1, 0.15) is 11.9 Å². The highest BCUT2D eigenvalue weighted by molar-refractivity contribution is 7.10. The molecular weight excluding hydrogens is 312 g/mol. The van der Waals surface area contributed by atoms with E-state index in [1.54, 1.807) is 16.0 Å². The molecule has 0 unspecified atom stereocenters. The highest BCUT2D eigenvalue weighted by Gasteiger charge is 2.36. The molecule has 1 aliphatic rings. The van der Waals surface area contributed by atoms with Crippen LogP contribution in [0.3, 0.4) is 0 Å². The van der Waals surface area contributed by atoms with E-state index in [1.165, 1.54) is 0 Å². The van der Waals surface area contributed by atoms with Crippen LogP contribution in [0.4, 0.5) is 5.95 Å². The van der Waals surface area contributed by atoms with E-state index in [0.29, 0.717) is 24.0 Å². The summed E-state index contributed by atoms with van der Waals surface area (Å²) in [6, 6.07) is 3.71. The van der Waals surface area contributed by atoms with Crippen LogP contribution in [0.2, 0.25) is 0 Å². The van der Waals surface area contributed by atoms with Crippen LogP contribution in [-0.4, -0.2) is 27.3 Å². The molecule has 3 rings (SSSR count). The van der Waals surface area contributed by atoms with Crippen molar-refractivity contribution in [2.45, 2.75) is 39.7 Å². The molecule has 0 radical (unpaired) electrons. The molecule has 0 amide bonds.